The highest BCUT2D eigenvalue weighted by atomic mass is 16.6. The van der Waals surface area contributed by atoms with E-state index in [4.69, 9.17) is 9.47 Å². The van der Waals surface area contributed by atoms with Crippen molar-refractivity contribution < 1.29 is 28.8 Å². The van der Waals surface area contributed by atoms with Crippen molar-refractivity contribution in [2.24, 2.45) is 5.10 Å². The van der Waals surface area contributed by atoms with Crippen molar-refractivity contribution in [2.75, 3.05) is 12.4 Å². The Hall–Kier alpha value is -6.10. The summed E-state index contributed by atoms with van der Waals surface area (Å²) in [5.41, 5.74) is 4.28. The van der Waals surface area contributed by atoms with Gasteiger partial charge in [0.25, 0.3) is 17.5 Å². The number of nitro groups is 1. The summed E-state index contributed by atoms with van der Waals surface area (Å²) in [5.74, 6) is -0.769. The van der Waals surface area contributed by atoms with Crippen LogP contribution in [0.2, 0.25) is 0 Å². The van der Waals surface area contributed by atoms with Gasteiger partial charge in [-0.25, -0.2) is 10.2 Å². The minimum atomic E-state index is -0.708. The molecule has 0 bridgehead atoms. The van der Waals surface area contributed by atoms with E-state index in [-0.39, 0.29) is 22.9 Å². The van der Waals surface area contributed by atoms with Gasteiger partial charge in [-0.15, -0.1) is 0 Å². The second-order valence-corrected chi connectivity index (χ2v) is 8.61. The Morgan fingerprint density at radius 1 is 0.857 bits per heavy atom. The van der Waals surface area contributed by atoms with Crippen LogP contribution in [0.4, 0.5) is 11.4 Å². The molecule has 0 saturated carbocycles. The lowest BCUT2D eigenvalue weighted by Gasteiger charge is -2.08. The van der Waals surface area contributed by atoms with Crippen LogP contribution in [-0.2, 0) is 4.79 Å². The molecular formula is C31H24N4O7. The topological polar surface area (TPSA) is 149 Å². The molecule has 0 atom stereocenters. The third-order valence-electron chi connectivity index (χ3n) is 5.73. The first-order valence-corrected chi connectivity index (χ1v) is 12.4. The zero-order valence-corrected chi connectivity index (χ0v) is 22.2. The van der Waals surface area contributed by atoms with Gasteiger partial charge in [-0.1, -0.05) is 30.3 Å². The number of carbonyl (C=O) groups excluding carboxylic acids is 3. The Morgan fingerprint density at radius 3 is 2.38 bits per heavy atom. The molecule has 2 N–H and O–H groups in total. The summed E-state index contributed by atoms with van der Waals surface area (Å²) in [7, 11) is 1.54. The number of rotatable bonds is 10. The lowest BCUT2D eigenvalue weighted by atomic mass is 10.1. The normalized spacial score (nSPS) is 10.8. The number of methoxy groups -OCH3 is 1. The quantitative estimate of drug-likeness (QED) is 0.0668. The third kappa shape index (κ3) is 7.96. The lowest BCUT2D eigenvalue weighted by molar-refractivity contribution is -0.384. The van der Waals surface area contributed by atoms with Gasteiger partial charge in [-0.05, 0) is 66.2 Å². The number of anilines is 1. The fourth-order valence-electron chi connectivity index (χ4n) is 3.64. The van der Waals surface area contributed by atoms with Crippen molar-refractivity contribution in [3.63, 3.8) is 0 Å². The molecule has 4 rings (SSSR count). The molecule has 0 spiro atoms. The van der Waals surface area contributed by atoms with E-state index in [1.807, 2.05) is 0 Å². The van der Waals surface area contributed by atoms with Crippen LogP contribution < -0.4 is 20.2 Å². The van der Waals surface area contributed by atoms with Gasteiger partial charge in [0.1, 0.15) is 11.5 Å². The number of para-hydroxylation sites is 1. The minimum Gasteiger partial charge on any atom is -0.497 e. The molecule has 2 amide bonds. The second kappa shape index (κ2) is 13.8. The first-order chi connectivity index (χ1) is 20.3. The summed E-state index contributed by atoms with van der Waals surface area (Å²) in [4.78, 5) is 48.0. The molecule has 0 heterocycles. The number of hydrazone groups is 1. The minimum absolute atomic E-state index is 0.0980. The van der Waals surface area contributed by atoms with Crippen LogP contribution in [0, 0.1) is 10.1 Å². The van der Waals surface area contributed by atoms with E-state index >= 15 is 0 Å². The SMILES string of the molecule is COc1ccc(C(=O)Nc2cccc(C(=O)NN=Cc3ccccc3OC(=O)/C=C/c3cccc([N+](=O)[O-])c3)c2)cc1. The Bertz CT molecular complexity index is 1680. The average molecular weight is 565 g/mol. The van der Waals surface area contributed by atoms with Crippen LogP contribution in [0.25, 0.3) is 6.08 Å². The molecule has 11 heteroatoms. The smallest absolute Gasteiger partial charge is 0.336 e. The predicted molar refractivity (Wildman–Crippen MR) is 157 cm³/mol. The molecule has 4 aromatic carbocycles. The molecule has 42 heavy (non-hydrogen) atoms. The van der Waals surface area contributed by atoms with Crippen molar-refractivity contribution in [1.29, 1.82) is 0 Å². The van der Waals surface area contributed by atoms with Crippen molar-refractivity contribution >= 4 is 41.4 Å². The van der Waals surface area contributed by atoms with E-state index in [1.165, 1.54) is 43.7 Å². The van der Waals surface area contributed by atoms with Crippen molar-refractivity contribution in [2.45, 2.75) is 0 Å². The fourth-order valence-corrected chi connectivity index (χ4v) is 3.64. The summed E-state index contributed by atoms with van der Waals surface area (Å²) in [5, 5.41) is 17.6. The number of non-ortho nitro benzene ring substituents is 1. The highest BCUT2D eigenvalue weighted by Gasteiger charge is 2.11. The molecule has 0 aliphatic carbocycles. The Kier molecular flexibility index (Phi) is 9.50. The van der Waals surface area contributed by atoms with Crippen LogP contribution in [0.1, 0.15) is 31.8 Å². The van der Waals surface area contributed by atoms with Gasteiger partial charge in [-0.3, -0.25) is 19.7 Å². The Morgan fingerprint density at radius 2 is 1.62 bits per heavy atom. The van der Waals surface area contributed by atoms with Gasteiger partial charge in [0.05, 0.1) is 18.2 Å². The third-order valence-corrected chi connectivity index (χ3v) is 5.73. The summed E-state index contributed by atoms with van der Waals surface area (Å²) >= 11 is 0. The maximum absolute atomic E-state index is 12.7. The van der Waals surface area contributed by atoms with E-state index in [2.05, 4.69) is 15.8 Å². The largest absolute Gasteiger partial charge is 0.497 e. The molecule has 11 nitrogen and oxygen atoms in total. The standard InChI is InChI=1S/C31H24N4O7/c1-41-27-15-13-22(14-16-27)30(37)33-25-9-5-8-23(19-25)31(38)34-32-20-24-7-2-3-11-28(24)42-29(36)17-12-21-6-4-10-26(18-21)35(39)40/h2-20H,1H3,(H,33,37)(H,34,38)/b17-12+,32-20?. The highest BCUT2D eigenvalue weighted by Crippen LogP contribution is 2.18. The zero-order chi connectivity index (χ0) is 29.9. The van der Waals surface area contributed by atoms with Crippen molar-refractivity contribution in [3.05, 3.63) is 136 Å². The molecule has 0 unspecified atom stereocenters. The number of esters is 1. The first kappa shape index (κ1) is 28.9. The predicted octanol–water partition coefficient (Wildman–Crippen LogP) is 5.24. The first-order valence-electron chi connectivity index (χ1n) is 12.4. The molecule has 0 fully saturated rings. The molecule has 210 valence electrons. The van der Waals surface area contributed by atoms with E-state index < -0.39 is 16.8 Å². The lowest BCUT2D eigenvalue weighted by Crippen LogP contribution is -2.18. The second-order valence-electron chi connectivity index (χ2n) is 8.61. The van der Waals surface area contributed by atoms with E-state index in [0.717, 1.165) is 6.08 Å². The van der Waals surface area contributed by atoms with E-state index in [9.17, 15) is 24.5 Å². The Labute approximate surface area is 240 Å². The number of nitro benzene ring substituents is 1. The van der Waals surface area contributed by atoms with Crippen LogP contribution in [0.5, 0.6) is 11.5 Å². The number of hydrogen-bond donors (Lipinski definition) is 2. The number of ether oxygens (including phenoxy) is 2. The van der Waals surface area contributed by atoms with E-state index in [1.54, 1.807) is 72.8 Å². The number of hydrogen-bond acceptors (Lipinski definition) is 8. The number of nitrogens with zero attached hydrogens (tertiary/aromatic N) is 2. The molecule has 0 aliphatic rings. The summed E-state index contributed by atoms with van der Waals surface area (Å²) in [6.07, 6.45) is 3.87. The monoisotopic (exact) mass is 564 g/mol. The van der Waals surface area contributed by atoms with Gasteiger partial charge in [0.15, 0.2) is 0 Å². The average Bonchev–Trinajstić information content (AvgIpc) is 3.01. The molecule has 4 aromatic rings. The zero-order valence-electron chi connectivity index (χ0n) is 22.2. The van der Waals surface area contributed by atoms with Crippen LogP contribution >= 0.6 is 0 Å². The fraction of sp³-hybridized carbons (Fsp3) is 0.0323. The number of nitrogens with one attached hydrogen (secondary N) is 2. The van der Waals surface area contributed by atoms with Gasteiger partial charge >= 0.3 is 5.97 Å². The van der Waals surface area contributed by atoms with E-state index in [0.29, 0.717) is 28.1 Å². The molecule has 0 aliphatic heterocycles. The Balaban J connectivity index is 1.36. The maximum atomic E-state index is 12.7. The molecule has 0 saturated heterocycles. The molecular weight excluding hydrogens is 540 g/mol. The van der Waals surface area contributed by atoms with Crippen LogP contribution in [0.15, 0.2) is 108 Å². The van der Waals surface area contributed by atoms with Crippen molar-refractivity contribution in [1.82, 2.24) is 5.43 Å². The van der Waals surface area contributed by atoms with Gasteiger partial charge < -0.3 is 14.8 Å². The summed E-state index contributed by atoms with van der Waals surface area (Å²) in [6, 6.07) is 25.3. The van der Waals surface area contributed by atoms with Crippen LogP contribution in [-0.4, -0.2) is 36.0 Å². The highest BCUT2D eigenvalue weighted by molar-refractivity contribution is 6.05. The molecule has 0 aromatic heterocycles. The number of amides is 2. The van der Waals surface area contributed by atoms with Crippen LogP contribution in [0.3, 0.4) is 0 Å². The van der Waals surface area contributed by atoms with Gasteiger partial charge in [-0.2, -0.15) is 5.10 Å². The van der Waals surface area contributed by atoms with Crippen molar-refractivity contribution in [3.8, 4) is 11.5 Å². The number of carbonyl (C=O) groups is 3. The van der Waals surface area contributed by atoms with Gasteiger partial charge in [0, 0.05) is 40.6 Å². The maximum Gasteiger partial charge on any atom is 0.336 e. The summed E-state index contributed by atoms with van der Waals surface area (Å²) < 4.78 is 10.5. The number of benzene rings is 4. The van der Waals surface area contributed by atoms with Gasteiger partial charge in [0.2, 0.25) is 0 Å². The molecule has 0 radical (unpaired) electrons. The summed E-state index contributed by atoms with van der Waals surface area (Å²) in [6.45, 7) is 0.